The van der Waals surface area contributed by atoms with Crippen molar-refractivity contribution in [1.29, 1.82) is 0 Å². The lowest BCUT2D eigenvalue weighted by molar-refractivity contribution is -0.137. The summed E-state index contributed by atoms with van der Waals surface area (Å²) in [5.74, 6) is 0.578. The quantitative estimate of drug-likeness (QED) is 0.720. The summed E-state index contributed by atoms with van der Waals surface area (Å²) >= 11 is 1.65. The topological polar surface area (TPSA) is 37.8 Å². The number of halogens is 3. The Bertz CT molecular complexity index is 886. The zero-order valence-corrected chi connectivity index (χ0v) is 12.8. The maximum Gasteiger partial charge on any atom is 0.416 e. The molecule has 1 aliphatic carbocycles. The van der Waals surface area contributed by atoms with E-state index in [1.807, 2.05) is 0 Å². The van der Waals surface area contributed by atoms with Crippen LogP contribution in [0.4, 0.5) is 24.7 Å². The highest BCUT2D eigenvalue weighted by molar-refractivity contribution is 7.19. The van der Waals surface area contributed by atoms with E-state index in [9.17, 15) is 13.2 Å². The van der Waals surface area contributed by atoms with Crippen LogP contribution in [-0.2, 0) is 19.0 Å². The van der Waals surface area contributed by atoms with E-state index in [2.05, 4.69) is 15.3 Å². The van der Waals surface area contributed by atoms with Crippen LogP contribution in [0.2, 0.25) is 0 Å². The number of aromatic nitrogens is 2. The van der Waals surface area contributed by atoms with E-state index in [4.69, 9.17) is 0 Å². The Hall–Kier alpha value is -2.15. The average molecular weight is 335 g/mol. The number of nitrogens with one attached hydrogen (secondary N) is 1. The van der Waals surface area contributed by atoms with Crippen molar-refractivity contribution in [1.82, 2.24) is 9.97 Å². The van der Waals surface area contributed by atoms with Crippen LogP contribution in [0.15, 0.2) is 30.6 Å². The number of aryl methyl sites for hydroxylation is 2. The van der Waals surface area contributed by atoms with Crippen molar-refractivity contribution in [2.45, 2.75) is 25.4 Å². The van der Waals surface area contributed by atoms with Gasteiger partial charge in [-0.3, -0.25) is 0 Å². The van der Waals surface area contributed by atoms with Crippen molar-refractivity contribution < 1.29 is 13.2 Å². The summed E-state index contributed by atoms with van der Waals surface area (Å²) in [5.41, 5.74) is 0.932. The molecular formula is C16H12F3N3S. The van der Waals surface area contributed by atoms with Crippen molar-refractivity contribution >= 4 is 33.1 Å². The fourth-order valence-electron chi connectivity index (χ4n) is 2.93. The third-order valence-corrected chi connectivity index (χ3v) is 5.15. The Balaban J connectivity index is 1.76. The van der Waals surface area contributed by atoms with Gasteiger partial charge in [-0.25, -0.2) is 9.97 Å². The molecule has 1 N–H and O–H groups in total. The fraction of sp³-hybridized carbons (Fsp3) is 0.250. The molecule has 0 bridgehead atoms. The largest absolute Gasteiger partial charge is 0.416 e. The second-order valence-corrected chi connectivity index (χ2v) is 6.55. The maximum absolute atomic E-state index is 12.8. The number of rotatable bonds is 2. The molecule has 0 unspecified atom stereocenters. The summed E-state index contributed by atoms with van der Waals surface area (Å²) in [6, 6.07) is 5.15. The number of hydrogen-bond acceptors (Lipinski definition) is 4. The Morgan fingerprint density at radius 1 is 1.13 bits per heavy atom. The smallest absolute Gasteiger partial charge is 0.340 e. The monoisotopic (exact) mass is 335 g/mol. The van der Waals surface area contributed by atoms with Crippen LogP contribution in [0.3, 0.4) is 0 Å². The molecule has 0 fully saturated rings. The number of fused-ring (bicyclic) bond motifs is 3. The second-order valence-electron chi connectivity index (χ2n) is 5.46. The van der Waals surface area contributed by atoms with E-state index < -0.39 is 11.7 Å². The van der Waals surface area contributed by atoms with Gasteiger partial charge in [0.1, 0.15) is 17.0 Å². The Morgan fingerprint density at radius 3 is 2.83 bits per heavy atom. The summed E-state index contributed by atoms with van der Waals surface area (Å²) in [7, 11) is 0. The van der Waals surface area contributed by atoms with E-state index in [0.717, 1.165) is 41.6 Å². The standard InChI is InChI=1S/C16H12F3N3S/c17-16(18,19)9-3-1-4-10(7-9)22-14-13-11-5-2-6-12(11)23-15(13)21-8-20-14/h1,3-4,7-8H,2,5-6H2,(H,20,21,22). The van der Waals surface area contributed by atoms with Gasteiger partial charge in [0.25, 0.3) is 0 Å². The molecule has 2 heterocycles. The second kappa shape index (κ2) is 5.19. The molecule has 0 saturated heterocycles. The molecule has 3 aromatic rings. The first-order valence-corrected chi connectivity index (χ1v) is 8.03. The van der Waals surface area contributed by atoms with Crippen LogP contribution in [0.1, 0.15) is 22.4 Å². The van der Waals surface area contributed by atoms with E-state index in [1.165, 1.54) is 22.8 Å². The normalized spacial score (nSPS) is 14.2. The zero-order valence-electron chi connectivity index (χ0n) is 11.9. The first-order chi connectivity index (χ1) is 11.0. The molecule has 118 valence electrons. The van der Waals surface area contributed by atoms with E-state index in [0.29, 0.717) is 11.5 Å². The SMILES string of the molecule is FC(F)(F)c1cccc(Nc2ncnc3sc4c(c23)CCC4)c1. The van der Waals surface area contributed by atoms with Gasteiger partial charge in [0, 0.05) is 10.6 Å². The summed E-state index contributed by atoms with van der Waals surface area (Å²) in [6.07, 6.45) is 0.209. The van der Waals surface area contributed by atoms with E-state index in [1.54, 1.807) is 17.4 Å². The highest BCUT2D eigenvalue weighted by Crippen LogP contribution is 2.40. The van der Waals surface area contributed by atoms with Gasteiger partial charge in [0.2, 0.25) is 0 Å². The van der Waals surface area contributed by atoms with Gasteiger partial charge in [0.15, 0.2) is 0 Å². The average Bonchev–Trinajstić information content (AvgIpc) is 3.07. The molecule has 3 nitrogen and oxygen atoms in total. The minimum atomic E-state index is -4.36. The predicted molar refractivity (Wildman–Crippen MR) is 84.2 cm³/mol. The maximum atomic E-state index is 12.8. The Kier molecular flexibility index (Phi) is 3.26. The third-order valence-electron chi connectivity index (χ3n) is 3.95. The number of anilines is 2. The molecular weight excluding hydrogens is 323 g/mol. The van der Waals surface area contributed by atoms with Crippen molar-refractivity contribution in [2.75, 3.05) is 5.32 Å². The minimum absolute atomic E-state index is 0.373. The van der Waals surface area contributed by atoms with Crippen molar-refractivity contribution in [3.63, 3.8) is 0 Å². The highest BCUT2D eigenvalue weighted by atomic mass is 32.1. The van der Waals surface area contributed by atoms with E-state index in [-0.39, 0.29) is 0 Å². The van der Waals surface area contributed by atoms with Gasteiger partial charge in [0.05, 0.1) is 10.9 Å². The summed E-state index contributed by atoms with van der Waals surface area (Å²) < 4.78 is 38.5. The van der Waals surface area contributed by atoms with Gasteiger partial charge < -0.3 is 5.32 Å². The van der Waals surface area contributed by atoms with Crippen molar-refractivity contribution in [3.8, 4) is 0 Å². The lowest BCUT2D eigenvalue weighted by atomic mass is 10.1. The van der Waals surface area contributed by atoms with Crippen molar-refractivity contribution in [3.05, 3.63) is 46.6 Å². The Morgan fingerprint density at radius 2 is 2.00 bits per heavy atom. The van der Waals surface area contributed by atoms with Crippen molar-refractivity contribution in [2.24, 2.45) is 0 Å². The first-order valence-electron chi connectivity index (χ1n) is 7.22. The number of alkyl halides is 3. The molecule has 0 aliphatic heterocycles. The number of thiophene rings is 1. The molecule has 0 saturated carbocycles. The lowest BCUT2D eigenvalue weighted by Gasteiger charge is -2.11. The molecule has 0 radical (unpaired) electrons. The lowest BCUT2D eigenvalue weighted by Crippen LogP contribution is -2.05. The first kappa shape index (κ1) is 14.4. The minimum Gasteiger partial charge on any atom is -0.340 e. The molecule has 0 spiro atoms. The molecule has 2 aromatic heterocycles. The van der Waals surface area contributed by atoms with Crippen LogP contribution < -0.4 is 5.32 Å². The van der Waals surface area contributed by atoms with Crippen LogP contribution in [0.25, 0.3) is 10.2 Å². The van der Waals surface area contributed by atoms with Crippen LogP contribution in [0, 0.1) is 0 Å². The Labute approximate surface area is 134 Å². The number of benzene rings is 1. The van der Waals surface area contributed by atoms with E-state index >= 15 is 0 Å². The molecule has 0 atom stereocenters. The molecule has 7 heteroatoms. The molecule has 0 amide bonds. The summed E-state index contributed by atoms with van der Waals surface area (Å²) in [5, 5.41) is 3.98. The van der Waals surface area contributed by atoms with Gasteiger partial charge in [-0.05, 0) is 43.0 Å². The van der Waals surface area contributed by atoms with Crippen LogP contribution in [0.5, 0.6) is 0 Å². The third kappa shape index (κ3) is 2.55. The van der Waals surface area contributed by atoms with Gasteiger partial charge >= 0.3 is 6.18 Å². The number of nitrogens with zero attached hydrogens (tertiary/aromatic N) is 2. The molecule has 1 aromatic carbocycles. The van der Waals surface area contributed by atoms with Gasteiger partial charge in [-0.15, -0.1) is 11.3 Å². The molecule has 1 aliphatic rings. The number of hydrogen-bond donors (Lipinski definition) is 1. The predicted octanol–water partition coefficient (Wildman–Crippen LogP) is 4.94. The van der Waals surface area contributed by atoms with Gasteiger partial charge in [-0.2, -0.15) is 13.2 Å². The molecule has 23 heavy (non-hydrogen) atoms. The summed E-state index contributed by atoms with van der Waals surface area (Å²) in [6.45, 7) is 0. The van der Waals surface area contributed by atoms with Crippen LogP contribution >= 0.6 is 11.3 Å². The highest BCUT2D eigenvalue weighted by Gasteiger charge is 2.30. The fourth-order valence-corrected chi connectivity index (χ4v) is 4.16. The van der Waals surface area contributed by atoms with Crippen LogP contribution in [-0.4, -0.2) is 9.97 Å². The molecule has 4 rings (SSSR count). The zero-order chi connectivity index (χ0) is 16.0. The van der Waals surface area contributed by atoms with Gasteiger partial charge in [-0.1, -0.05) is 6.07 Å². The summed E-state index contributed by atoms with van der Waals surface area (Å²) in [4.78, 5) is 10.7.